The summed E-state index contributed by atoms with van der Waals surface area (Å²) in [5.41, 5.74) is 0. The number of carbonyl (C=O) groups is 1. The van der Waals surface area contributed by atoms with Gasteiger partial charge in [0.2, 0.25) is 0 Å². The summed E-state index contributed by atoms with van der Waals surface area (Å²) in [6.45, 7) is 15.1. The number of hydrogen-bond donors (Lipinski definition) is 3. The number of amides is 2. The maximum Gasteiger partial charge on any atom is 0.314 e. The fourth-order valence-corrected chi connectivity index (χ4v) is 2.06. The van der Waals surface area contributed by atoms with Gasteiger partial charge in [-0.1, -0.05) is 20.8 Å². The number of nitrogens with one attached hydrogen (secondary N) is 3. The Morgan fingerprint density at radius 3 is 1.71 bits per heavy atom. The Kier molecular flexibility index (Phi) is 20.1. The maximum atomic E-state index is 11.5. The van der Waals surface area contributed by atoms with Crippen LogP contribution in [0, 0.1) is 5.92 Å². The average molecular weight is 412 g/mol. The topological polar surface area (TPSA) is 90.1 Å². The van der Waals surface area contributed by atoms with Gasteiger partial charge in [-0.05, 0) is 25.7 Å². The SMILES string of the molecule is CCC(C)NCCOCCOCCOCCOCCNC(=O)NCCC(C)C.[HH].[HH].[HH]. The van der Waals surface area contributed by atoms with Crippen molar-refractivity contribution in [2.45, 2.75) is 46.6 Å². The van der Waals surface area contributed by atoms with Crippen LogP contribution in [-0.4, -0.2) is 84.6 Å². The van der Waals surface area contributed by atoms with Gasteiger partial charge in [0.1, 0.15) is 0 Å². The highest BCUT2D eigenvalue weighted by molar-refractivity contribution is 5.73. The molecule has 1 unspecified atom stereocenters. The van der Waals surface area contributed by atoms with E-state index < -0.39 is 0 Å². The summed E-state index contributed by atoms with van der Waals surface area (Å²) in [4.78, 5) is 11.5. The van der Waals surface area contributed by atoms with E-state index in [-0.39, 0.29) is 10.3 Å². The molecule has 1 atom stereocenters. The number of urea groups is 1. The predicted octanol–water partition coefficient (Wildman–Crippen LogP) is 2.52. The first-order valence-corrected chi connectivity index (χ1v) is 10.6. The molecule has 0 aromatic heterocycles. The van der Waals surface area contributed by atoms with Crippen molar-refractivity contribution in [1.29, 1.82) is 0 Å². The third kappa shape index (κ3) is 21.4. The van der Waals surface area contributed by atoms with Crippen molar-refractivity contribution in [2.24, 2.45) is 5.92 Å². The van der Waals surface area contributed by atoms with E-state index in [1.807, 2.05) is 0 Å². The summed E-state index contributed by atoms with van der Waals surface area (Å²) in [5.74, 6) is 0.587. The van der Waals surface area contributed by atoms with E-state index in [4.69, 9.17) is 18.9 Å². The first-order chi connectivity index (χ1) is 13.6. The van der Waals surface area contributed by atoms with Gasteiger partial charge in [-0.15, -0.1) is 0 Å². The quantitative estimate of drug-likeness (QED) is 0.267. The molecule has 0 aromatic rings. The average Bonchev–Trinajstić information content (AvgIpc) is 2.67. The Labute approximate surface area is 175 Å². The second-order valence-corrected chi connectivity index (χ2v) is 7.08. The van der Waals surface area contributed by atoms with Crippen molar-refractivity contribution in [3.63, 3.8) is 0 Å². The van der Waals surface area contributed by atoms with Gasteiger partial charge in [0.25, 0.3) is 0 Å². The van der Waals surface area contributed by atoms with E-state index >= 15 is 0 Å². The van der Waals surface area contributed by atoms with Crippen LogP contribution >= 0.6 is 0 Å². The van der Waals surface area contributed by atoms with Gasteiger partial charge in [0, 0.05) is 30.0 Å². The Balaban J connectivity index is -0.00000121. The molecule has 2 amide bonds. The van der Waals surface area contributed by atoms with E-state index in [0.717, 1.165) is 19.4 Å². The molecule has 0 radical (unpaired) electrons. The molecule has 0 aliphatic carbocycles. The van der Waals surface area contributed by atoms with E-state index in [0.29, 0.717) is 77.9 Å². The highest BCUT2D eigenvalue weighted by atomic mass is 16.6. The van der Waals surface area contributed by atoms with Gasteiger partial charge in [-0.3, -0.25) is 0 Å². The molecule has 0 aliphatic rings. The van der Waals surface area contributed by atoms with Gasteiger partial charge < -0.3 is 34.9 Å². The van der Waals surface area contributed by atoms with Crippen molar-refractivity contribution in [3.8, 4) is 0 Å². The Bertz CT molecular complexity index is 360. The molecule has 0 saturated carbocycles. The zero-order chi connectivity index (χ0) is 20.9. The van der Waals surface area contributed by atoms with Crippen LogP contribution < -0.4 is 16.0 Å². The van der Waals surface area contributed by atoms with Gasteiger partial charge in [-0.2, -0.15) is 0 Å². The lowest BCUT2D eigenvalue weighted by molar-refractivity contribution is -0.00106. The molecule has 0 rings (SSSR count). The number of ether oxygens (including phenoxy) is 4. The second-order valence-electron chi connectivity index (χ2n) is 7.08. The van der Waals surface area contributed by atoms with Crippen LogP contribution in [0.5, 0.6) is 0 Å². The maximum absolute atomic E-state index is 11.5. The summed E-state index contributed by atoms with van der Waals surface area (Å²) in [6, 6.07) is 0.393. The molecule has 0 aromatic carbocycles. The molecular formula is C20H49N3O5. The molecule has 0 saturated heterocycles. The van der Waals surface area contributed by atoms with Crippen molar-refractivity contribution in [1.82, 2.24) is 16.0 Å². The molecule has 8 heteroatoms. The second kappa shape index (κ2) is 20.8. The highest BCUT2D eigenvalue weighted by Gasteiger charge is 2.00. The van der Waals surface area contributed by atoms with Crippen molar-refractivity contribution >= 4 is 6.03 Å². The minimum atomic E-state index is -0.145. The molecule has 8 nitrogen and oxygen atoms in total. The van der Waals surface area contributed by atoms with Gasteiger partial charge in [0.05, 0.1) is 52.9 Å². The first-order valence-electron chi connectivity index (χ1n) is 10.6. The fourth-order valence-electron chi connectivity index (χ4n) is 2.06. The number of rotatable bonds is 20. The molecule has 0 heterocycles. The summed E-state index contributed by atoms with van der Waals surface area (Å²) in [7, 11) is 0. The van der Waals surface area contributed by atoms with Crippen LogP contribution in [0.15, 0.2) is 0 Å². The number of carbonyl (C=O) groups excluding carboxylic acids is 1. The molecule has 3 N–H and O–H groups in total. The van der Waals surface area contributed by atoms with E-state index in [9.17, 15) is 4.79 Å². The molecular weight excluding hydrogens is 362 g/mol. The monoisotopic (exact) mass is 411 g/mol. The summed E-state index contributed by atoms with van der Waals surface area (Å²) in [6.07, 6.45) is 2.11. The van der Waals surface area contributed by atoms with Crippen LogP contribution in [0.2, 0.25) is 0 Å². The molecule has 174 valence electrons. The summed E-state index contributed by atoms with van der Waals surface area (Å²) >= 11 is 0. The first kappa shape index (κ1) is 27.1. The van der Waals surface area contributed by atoms with E-state index in [1.54, 1.807) is 0 Å². The lowest BCUT2D eigenvalue weighted by Gasteiger charge is -2.11. The molecule has 0 bridgehead atoms. The van der Waals surface area contributed by atoms with Gasteiger partial charge in [0.15, 0.2) is 0 Å². The highest BCUT2D eigenvalue weighted by Crippen LogP contribution is 1.95. The molecule has 0 fully saturated rings. The van der Waals surface area contributed by atoms with E-state index in [1.165, 1.54) is 0 Å². The Morgan fingerprint density at radius 2 is 1.21 bits per heavy atom. The molecule has 0 spiro atoms. The van der Waals surface area contributed by atoms with Crippen molar-refractivity contribution < 1.29 is 28.0 Å². The zero-order valence-corrected chi connectivity index (χ0v) is 18.4. The molecule has 28 heavy (non-hydrogen) atoms. The zero-order valence-electron chi connectivity index (χ0n) is 18.4. The Morgan fingerprint density at radius 1 is 0.750 bits per heavy atom. The Hall–Kier alpha value is -0.930. The van der Waals surface area contributed by atoms with Crippen LogP contribution in [0.4, 0.5) is 4.79 Å². The minimum Gasteiger partial charge on any atom is -0.378 e. The van der Waals surface area contributed by atoms with Crippen molar-refractivity contribution in [3.05, 3.63) is 0 Å². The summed E-state index contributed by atoms with van der Waals surface area (Å²) in [5, 5.41) is 8.94. The van der Waals surface area contributed by atoms with Gasteiger partial charge >= 0.3 is 6.03 Å². The van der Waals surface area contributed by atoms with E-state index in [2.05, 4.69) is 43.6 Å². The predicted molar refractivity (Wildman–Crippen MR) is 118 cm³/mol. The normalized spacial score (nSPS) is 12.3. The van der Waals surface area contributed by atoms with Crippen LogP contribution in [-0.2, 0) is 18.9 Å². The lowest BCUT2D eigenvalue weighted by Crippen LogP contribution is -2.38. The van der Waals surface area contributed by atoms with Crippen LogP contribution in [0.25, 0.3) is 0 Å². The lowest BCUT2D eigenvalue weighted by atomic mass is 10.1. The minimum absolute atomic E-state index is 0. The fraction of sp³-hybridized carbons (Fsp3) is 0.950. The largest absolute Gasteiger partial charge is 0.378 e. The van der Waals surface area contributed by atoms with Crippen LogP contribution in [0.1, 0.15) is 44.8 Å². The third-order valence-corrected chi connectivity index (χ3v) is 4.01. The van der Waals surface area contributed by atoms with Gasteiger partial charge in [-0.25, -0.2) is 4.79 Å². The van der Waals surface area contributed by atoms with Crippen LogP contribution in [0.3, 0.4) is 0 Å². The third-order valence-electron chi connectivity index (χ3n) is 4.01. The number of hydrogen-bond acceptors (Lipinski definition) is 6. The molecule has 0 aliphatic heterocycles. The standard InChI is InChI=1S/C20H43N3O5.3H2/c1-5-19(4)21-8-10-25-12-14-27-16-17-28-15-13-26-11-9-23-20(24)22-7-6-18(2)3;;;/h18-19,21H,5-17H2,1-4H3,(H2,22,23,24);3*1H. The smallest absolute Gasteiger partial charge is 0.314 e. The van der Waals surface area contributed by atoms with Crippen molar-refractivity contribution in [2.75, 3.05) is 72.5 Å². The summed E-state index contributed by atoms with van der Waals surface area (Å²) < 4.78 is 21.7.